The van der Waals surface area contributed by atoms with Gasteiger partial charge in [0.1, 0.15) is 0 Å². The van der Waals surface area contributed by atoms with Crippen molar-refractivity contribution in [2.45, 2.75) is 99.9 Å². The lowest BCUT2D eigenvalue weighted by atomic mass is 9.84. The third kappa shape index (κ3) is 14.5. The lowest BCUT2D eigenvalue weighted by Crippen LogP contribution is -2.26. The first-order valence-electron chi connectivity index (χ1n) is 13.1. The Morgan fingerprint density at radius 3 is 1.61 bits per heavy atom. The first-order chi connectivity index (χ1) is 15.5. The van der Waals surface area contributed by atoms with Crippen LogP contribution in [-0.4, -0.2) is 17.3 Å². The molecular weight excluding hydrogens is 404 g/mol. The maximum atomic E-state index is 9.68. The molecule has 1 rings (SSSR count). The average Bonchev–Trinajstić information content (AvgIpc) is 2.76. The van der Waals surface area contributed by atoms with Crippen molar-refractivity contribution in [2.75, 3.05) is 0 Å². The Morgan fingerprint density at radius 1 is 0.727 bits per heavy atom. The van der Waals surface area contributed by atoms with Crippen LogP contribution in [0.15, 0.2) is 55.6 Å². The Labute approximate surface area is 206 Å². The summed E-state index contributed by atoms with van der Waals surface area (Å²) in [6, 6.07) is 10.4. The highest BCUT2D eigenvalue weighted by atomic mass is 16.5. The van der Waals surface area contributed by atoms with Crippen LogP contribution in [0.25, 0.3) is 0 Å². The fourth-order valence-electron chi connectivity index (χ4n) is 4.13. The lowest BCUT2D eigenvalue weighted by molar-refractivity contribution is 0.0134. The molecule has 0 unspecified atom stereocenters. The van der Waals surface area contributed by atoms with E-state index in [9.17, 15) is 5.11 Å². The maximum Gasteiger partial charge on any atom is 0.0788 e. The molecule has 0 saturated carbocycles. The van der Waals surface area contributed by atoms with E-state index in [1.807, 2.05) is 12.1 Å². The van der Waals surface area contributed by atoms with E-state index in [0.717, 1.165) is 18.3 Å². The van der Waals surface area contributed by atoms with Crippen LogP contribution >= 0.6 is 0 Å². The molecule has 2 nitrogen and oxygen atoms in total. The van der Waals surface area contributed by atoms with Gasteiger partial charge in [0.25, 0.3) is 0 Å². The Morgan fingerprint density at radius 2 is 1.21 bits per heavy atom. The molecule has 1 aromatic carbocycles. The van der Waals surface area contributed by atoms with E-state index in [-0.39, 0.29) is 12.2 Å². The summed E-state index contributed by atoms with van der Waals surface area (Å²) in [4.78, 5) is 0. The molecule has 0 aliphatic carbocycles. The van der Waals surface area contributed by atoms with Crippen LogP contribution in [0.2, 0.25) is 0 Å². The van der Waals surface area contributed by atoms with Gasteiger partial charge in [-0.1, -0.05) is 111 Å². The topological polar surface area (TPSA) is 29.5 Å². The third-order valence-electron chi connectivity index (χ3n) is 6.49. The zero-order valence-corrected chi connectivity index (χ0v) is 23.0. The van der Waals surface area contributed by atoms with E-state index in [1.54, 1.807) is 6.08 Å². The van der Waals surface area contributed by atoms with Crippen molar-refractivity contribution in [1.82, 2.24) is 0 Å². The summed E-state index contributed by atoms with van der Waals surface area (Å²) in [7, 11) is 0. The molecule has 0 aromatic heterocycles. The van der Waals surface area contributed by atoms with E-state index >= 15 is 0 Å². The first kappa shape index (κ1) is 31.6. The molecule has 0 heterocycles. The van der Waals surface area contributed by atoms with Crippen molar-refractivity contribution in [2.24, 2.45) is 35.5 Å². The summed E-state index contributed by atoms with van der Waals surface area (Å²) in [5.41, 5.74) is 1.23. The van der Waals surface area contributed by atoms with Gasteiger partial charge in [0, 0.05) is 0 Å². The van der Waals surface area contributed by atoms with Crippen LogP contribution in [0, 0.1) is 35.5 Å². The molecule has 0 saturated heterocycles. The van der Waals surface area contributed by atoms with E-state index in [2.05, 4.69) is 92.8 Å². The van der Waals surface area contributed by atoms with Crippen molar-refractivity contribution in [1.29, 1.82) is 0 Å². The molecule has 0 aliphatic heterocycles. The zero-order chi connectivity index (χ0) is 25.4. The molecule has 0 aliphatic rings. The van der Waals surface area contributed by atoms with Crippen LogP contribution in [0.5, 0.6) is 0 Å². The second kappa shape index (κ2) is 18.0. The van der Waals surface area contributed by atoms with Crippen molar-refractivity contribution in [3.63, 3.8) is 0 Å². The number of benzene rings is 1. The van der Waals surface area contributed by atoms with E-state index in [4.69, 9.17) is 4.74 Å². The fourth-order valence-corrected chi connectivity index (χ4v) is 4.13. The monoisotopic (exact) mass is 458 g/mol. The van der Waals surface area contributed by atoms with E-state index in [0.29, 0.717) is 30.3 Å². The molecule has 1 aromatic rings. The molecule has 2 heteroatoms. The summed E-state index contributed by atoms with van der Waals surface area (Å²) in [6.45, 7) is 26.2. The second-order valence-electron chi connectivity index (χ2n) is 11.0. The highest BCUT2D eigenvalue weighted by Crippen LogP contribution is 2.27. The maximum absolute atomic E-state index is 9.68. The Balaban J connectivity index is 0.000000684. The van der Waals surface area contributed by atoms with Crippen molar-refractivity contribution < 1.29 is 9.84 Å². The van der Waals surface area contributed by atoms with E-state index < -0.39 is 0 Å². The molecule has 33 heavy (non-hydrogen) atoms. The molecule has 0 amide bonds. The SMILES string of the molecule is C=C[C@H](O)[C@@H](CCC(C)C)C(C)C.C=C[C@H](OCc1ccccc1)[C@@H](CCC(C)C)C(C)C. The summed E-state index contributed by atoms with van der Waals surface area (Å²) >= 11 is 0. The fraction of sp³-hybridized carbons (Fsp3) is 0.677. The van der Waals surface area contributed by atoms with Gasteiger partial charge >= 0.3 is 0 Å². The summed E-state index contributed by atoms with van der Waals surface area (Å²) < 4.78 is 6.12. The standard InChI is InChI=1S/C19H30O.C12H24O/c1-6-19(18(16(4)5)13-12-15(2)3)20-14-17-10-8-7-9-11-17;1-6-12(13)11(10(4)5)8-7-9(2)3/h6-11,15-16,18-19H,1,12-14H2,2-5H3;6,9-13H,1,7-8H2,2-5H3/t18-,19-;11-,12-/m00/s1. The number of hydrogen-bond donors (Lipinski definition) is 1. The number of ether oxygens (including phenoxy) is 1. The van der Waals surface area contributed by atoms with Crippen LogP contribution in [0.3, 0.4) is 0 Å². The van der Waals surface area contributed by atoms with Gasteiger partial charge in [-0.25, -0.2) is 0 Å². The molecule has 4 atom stereocenters. The minimum Gasteiger partial charge on any atom is -0.389 e. The molecule has 0 fully saturated rings. The quantitative estimate of drug-likeness (QED) is 0.266. The number of aliphatic hydroxyl groups excluding tert-OH is 1. The lowest BCUT2D eigenvalue weighted by Gasteiger charge is -2.29. The van der Waals surface area contributed by atoms with Crippen LogP contribution in [0.4, 0.5) is 0 Å². The Hall–Kier alpha value is -1.38. The predicted octanol–water partition coefficient (Wildman–Crippen LogP) is 8.71. The highest BCUT2D eigenvalue weighted by molar-refractivity contribution is 5.13. The molecule has 190 valence electrons. The zero-order valence-electron chi connectivity index (χ0n) is 23.0. The number of rotatable bonds is 15. The minimum atomic E-state index is -0.334. The largest absolute Gasteiger partial charge is 0.389 e. The predicted molar refractivity (Wildman–Crippen MR) is 146 cm³/mol. The van der Waals surface area contributed by atoms with Crippen LogP contribution in [-0.2, 0) is 11.3 Å². The number of aliphatic hydroxyl groups is 1. The summed E-state index contributed by atoms with van der Waals surface area (Å²) in [5.74, 6) is 3.55. The average molecular weight is 459 g/mol. The molecule has 1 N–H and O–H groups in total. The van der Waals surface area contributed by atoms with Gasteiger partial charge in [-0.2, -0.15) is 0 Å². The van der Waals surface area contributed by atoms with E-state index in [1.165, 1.54) is 24.8 Å². The Bertz CT molecular complexity index is 603. The third-order valence-corrected chi connectivity index (χ3v) is 6.49. The minimum absolute atomic E-state index is 0.147. The van der Waals surface area contributed by atoms with Gasteiger partial charge in [-0.3, -0.25) is 0 Å². The second-order valence-corrected chi connectivity index (χ2v) is 11.0. The highest BCUT2D eigenvalue weighted by Gasteiger charge is 2.23. The van der Waals surface area contributed by atoms with Crippen LogP contribution in [0.1, 0.15) is 86.6 Å². The molecular formula is C31H54O2. The van der Waals surface area contributed by atoms with Crippen molar-refractivity contribution in [3.8, 4) is 0 Å². The normalized spacial score (nSPS) is 15.2. The number of hydrogen-bond acceptors (Lipinski definition) is 2. The van der Waals surface area contributed by atoms with Gasteiger partial charge in [-0.15, -0.1) is 13.2 Å². The van der Waals surface area contributed by atoms with Gasteiger partial charge in [0.15, 0.2) is 0 Å². The van der Waals surface area contributed by atoms with Gasteiger partial charge in [0.2, 0.25) is 0 Å². The summed E-state index contributed by atoms with van der Waals surface area (Å²) in [6.07, 6.45) is 8.20. The summed E-state index contributed by atoms with van der Waals surface area (Å²) in [5, 5.41) is 9.68. The van der Waals surface area contributed by atoms with Crippen molar-refractivity contribution >= 4 is 0 Å². The van der Waals surface area contributed by atoms with Crippen molar-refractivity contribution in [3.05, 3.63) is 61.2 Å². The molecule has 0 bridgehead atoms. The van der Waals surface area contributed by atoms with Gasteiger partial charge in [-0.05, 0) is 53.9 Å². The first-order valence-corrected chi connectivity index (χ1v) is 13.1. The molecule has 0 spiro atoms. The smallest absolute Gasteiger partial charge is 0.0788 e. The molecule has 0 radical (unpaired) electrons. The van der Waals surface area contributed by atoms with Gasteiger partial charge in [0.05, 0.1) is 18.8 Å². The van der Waals surface area contributed by atoms with Gasteiger partial charge < -0.3 is 9.84 Å². The van der Waals surface area contributed by atoms with Crippen LogP contribution < -0.4 is 0 Å². The Kier molecular flexibility index (Phi) is 17.3.